The predicted molar refractivity (Wildman–Crippen MR) is 112 cm³/mol. The van der Waals surface area contributed by atoms with Gasteiger partial charge in [0.15, 0.2) is 0 Å². The molecule has 1 N–H and O–H groups in total. The Bertz CT molecular complexity index is 1020. The number of fused-ring (bicyclic) bond motifs is 1. The third-order valence-electron chi connectivity index (χ3n) is 4.78. The first kappa shape index (κ1) is 18.3. The summed E-state index contributed by atoms with van der Waals surface area (Å²) in [6.07, 6.45) is 5.24. The second-order valence-electron chi connectivity index (χ2n) is 6.63. The van der Waals surface area contributed by atoms with Gasteiger partial charge in [-0.2, -0.15) is 0 Å². The number of aromatic nitrogens is 1. The molecule has 0 saturated carbocycles. The summed E-state index contributed by atoms with van der Waals surface area (Å²) in [6, 6.07) is 15.3. The maximum atomic E-state index is 13.1. The number of benzene rings is 2. The Morgan fingerprint density at radius 3 is 2.82 bits per heavy atom. The Morgan fingerprint density at radius 1 is 1.14 bits per heavy atom. The van der Waals surface area contributed by atoms with Crippen LogP contribution in [0.5, 0.6) is 5.75 Å². The van der Waals surface area contributed by atoms with Gasteiger partial charge in [-0.25, -0.2) is 0 Å². The van der Waals surface area contributed by atoms with E-state index < -0.39 is 0 Å². The van der Waals surface area contributed by atoms with Crippen molar-refractivity contribution in [3.05, 3.63) is 77.1 Å². The van der Waals surface area contributed by atoms with Crippen molar-refractivity contribution in [2.75, 3.05) is 23.9 Å². The molecule has 0 fully saturated rings. The number of carbonyl (C=O) groups excluding carboxylic acids is 1. The standard InChI is InChI=1S/C22H20ClN3O2/c1-28-21-9-8-17(12-19(21)23)25-18-11-16(13-24-14-18)22(27)26-10-4-6-15-5-2-3-7-20(15)26/h2-3,5,7-9,11-14,25H,4,6,10H2,1H3. The molecule has 2 aromatic carbocycles. The van der Waals surface area contributed by atoms with Crippen molar-refractivity contribution in [3.63, 3.8) is 0 Å². The molecule has 0 saturated heterocycles. The van der Waals surface area contributed by atoms with Crippen LogP contribution in [-0.2, 0) is 6.42 Å². The molecule has 0 aliphatic carbocycles. The molecular weight excluding hydrogens is 374 g/mol. The fourth-order valence-corrected chi connectivity index (χ4v) is 3.69. The molecule has 3 aromatic rings. The van der Waals surface area contributed by atoms with E-state index in [0.29, 0.717) is 22.9 Å². The zero-order chi connectivity index (χ0) is 19.5. The molecule has 6 heteroatoms. The fraction of sp³-hybridized carbons (Fsp3) is 0.182. The minimum atomic E-state index is -0.0453. The van der Waals surface area contributed by atoms with Gasteiger partial charge in [-0.05, 0) is 48.7 Å². The summed E-state index contributed by atoms with van der Waals surface area (Å²) in [7, 11) is 1.58. The molecule has 0 radical (unpaired) electrons. The molecule has 1 amide bonds. The summed E-state index contributed by atoms with van der Waals surface area (Å²) >= 11 is 6.19. The van der Waals surface area contributed by atoms with Gasteiger partial charge in [-0.3, -0.25) is 9.78 Å². The largest absolute Gasteiger partial charge is 0.495 e. The molecule has 28 heavy (non-hydrogen) atoms. The summed E-state index contributed by atoms with van der Waals surface area (Å²) in [5.74, 6) is 0.564. The molecule has 4 rings (SSSR count). The smallest absolute Gasteiger partial charge is 0.259 e. The number of para-hydroxylation sites is 1. The Morgan fingerprint density at radius 2 is 2.00 bits per heavy atom. The molecule has 2 heterocycles. The summed E-state index contributed by atoms with van der Waals surface area (Å²) in [5.41, 5.74) is 4.25. The van der Waals surface area contributed by atoms with Crippen molar-refractivity contribution in [1.29, 1.82) is 0 Å². The highest BCUT2D eigenvalue weighted by Gasteiger charge is 2.23. The number of pyridine rings is 1. The lowest BCUT2D eigenvalue weighted by Gasteiger charge is -2.29. The number of nitrogens with zero attached hydrogens (tertiary/aromatic N) is 2. The minimum absolute atomic E-state index is 0.0453. The number of carbonyl (C=O) groups is 1. The van der Waals surface area contributed by atoms with E-state index in [1.807, 2.05) is 35.2 Å². The van der Waals surface area contributed by atoms with Gasteiger partial charge in [0.1, 0.15) is 5.75 Å². The zero-order valence-electron chi connectivity index (χ0n) is 15.5. The molecule has 0 unspecified atom stereocenters. The number of ether oxygens (including phenoxy) is 1. The second-order valence-corrected chi connectivity index (χ2v) is 7.03. The topological polar surface area (TPSA) is 54.5 Å². The first-order chi connectivity index (χ1) is 13.7. The zero-order valence-corrected chi connectivity index (χ0v) is 16.2. The third-order valence-corrected chi connectivity index (χ3v) is 5.08. The first-order valence-corrected chi connectivity index (χ1v) is 9.49. The lowest BCUT2D eigenvalue weighted by atomic mass is 10.0. The molecule has 1 aromatic heterocycles. The number of hydrogen-bond donors (Lipinski definition) is 1. The van der Waals surface area contributed by atoms with Gasteiger partial charge in [0.05, 0.1) is 29.6 Å². The van der Waals surface area contributed by atoms with Gasteiger partial charge in [-0.15, -0.1) is 0 Å². The van der Waals surface area contributed by atoms with E-state index in [2.05, 4.69) is 16.4 Å². The van der Waals surface area contributed by atoms with E-state index in [1.165, 1.54) is 5.56 Å². The fourth-order valence-electron chi connectivity index (χ4n) is 3.44. The highest BCUT2D eigenvalue weighted by molar-refractivity contribution is 6.32. The number of amides is 1. The molecule has 0 atom stereocenters. The van der Waals surface area contributed by atoms with Crippen molar-refractivity contribution in [2.24, 2.45) is 0 Å². The number of aryl methyl sites for hydroxylation is 1. The number of halogens is 1. The third kappa shape index (κ3) is 3.66. The lowest BCUT2D eigenvalue weighted by molar-refractivity contribution is 0.0985. The van der Waals surface area contributed by atoms with E-state index in [-0.39, 0.29) is 5.91 Å². The van der Waals surface area contributed by atoms with Crippen LogP contribution in [0.25, 0.3) is 0 Å². The molecule has 1 aliphatic heterocycles. The quantitative estimate of drug-likeness (QED) is 0.671. The van der Waals surface area contributed by atoms with Crippen LogP contribution in [-0.4, -0.2) is 24.5 Å². The molecule has 142 valence electrons. The Hall–Kier alpha value is -3.05. The van der Waals surface area contributed by atoms with Crippen molar-refractivity contribution in [3.8, 4) is 5.75 Å². The number of nitrogens with one attached hydrogen (secondary N) is 1. The lowest BCUT2D eigenvalue weighted by Crippen LogP contribution is -2.35. The van der Waals surface area contributed by atoms with Gasteiger partial charge >= 0.3 is 0 Å². The van der Waals surface area contributed by atoms with E-state index in [9.17, 15) is 4.79 Å². The van der Waals surface area contributed by atoms with Crippen LogP contribution in [0.4, 0.5) is 17.1 Å². The highest BCUT2D eigenvalue weighted by Crippen LogP contribution is 2.30. The maximum absolute atomic E-state index is 13.1. The molecule has 1 aliphatic rings. The summed E-state index contributed by atoms with van der Waals surface area (Å²) in [6.45, 7) is 0.710. The van der Waals surface area contributed by atoms with Crippen molar-refractivity contribution in [1.82, 2.24) is 4.98 Å². The van der Waals surface area contributed by atoms with Gasteiger partial charge in [0.2, 0.25) is 0 Å². The Kier molecular flexibility index (Phi) is 5.17. The highest BCUT2D eigenvalue weighted by atomic mass is 35.5. The van der Waals surface area contributed by atoms with Crippen LogP contribution in [0.1, 0.15) is 22.3 Å². The average Bonchev–Trinajstić information content (AvgIpc) is 2.73. The minimum Gasteiger partial charge on any atom is -0.495 e. The number of rotatable bonds is 4. The van der Waals surface area contributed by atoms with Crippen LogP contribution in [0, 0.1) is 0 Å². The summed E-state index contributed by atoms with van der Waals surface area (Å²) < 4.78 is 5.17. The van der Waals surface area contributed by atoms with Crippen LogP contribution in [0.3, 0.4) is 0 Å². The average molecular weight is 394 g/mol. The molecule has 5 nitrogen and oxygen atoms in total. The molecule has 0 bridgehead atoms. The van der Waals surface area contributed by atoms with Crippen molar-refractivity contribution >= 4 is 34.6 Å². The van der Waals surface area contributed by atoms with Gasteiger partial charge in [0, 0.05) is 24.1 Å². The van der Waals surface area contributed by atoms with Gasteiger partial charge in [-0.1, -0.05) is 29.8 Å². The van der Waals surface area contributed by atoms with E-state index >= 15 is 0 Å². The van der Waals surface area contributed by atoms with Crippen LogP contribution in [0.15, 0.2) is 60.9 Å². The van der Waals surface area contributed by atoms with Crippen molar-refractivity contribution in [2.45, 2.75) is 12.8 Å². The predicted octanol–water partition coefficient (Wildman–Crippen LogP) is 5.08. The molecule has 0 spiro atoms. The Labute approximate surface area is 168 Å². The van der Waals surface area contributed by atoms with Crippen LogP contribution in [0.2, 0.25) is 5.02 Å². The monoisotopic (exact) mass is 393 g/mol. The maximum Gasteiger partial charge on any atom is 0.259 e. The van der Waals surface area contributed by atoms with E-state index in [1.54, 1.807) is 31.6 Å². The summed E-state index contributed by atoms with van der Waals surface area (Å²) in [5, 5.41) is 3.75. The first-order valence-electron chi connectivity index (χ1n) is 9.11. The van der Waals surface area contributed by atoms with Crippen LogP contribution >= 0.6 is 11.6 Å². The SMILES string of the molecule is COc1ccc(Nc2cncc(C(=O)N3CCCc4ccccc43)c2)cc1Cl. The van der Waals surface area contributed by atoms with Gasteiger partial charge < -0.3 is 15.0 Å². The van der Waals surface area contributed by atoms with E-state index in [4.69, 9.17) is 16.3 Å². The van der Waals surface area contributed by atoms with Crippen LogP contribution < -0.4 is 15.0 Å². The summed E-state index contributed by atoms with van der Waals surface area (Å²) in [4.78, 5) is 19.2. The van der Waals surface area contributed by atoms with Gasteiger partial charge in [0.25, 0.3) is 5.91 Å². The second kappa shape index (κ2) is 7.90. The number of anilines is 3. The molecular formula is C22H20ClN3O2. The Balaban J connectivity index is 1.57. The number of methoxy groups -OCH3 is 1. The van der Waals surface area contributed by atoms with E-state index in [0.717, 1.165) is 29.9 Å². The number of hydrogen-bond acceptors (Lipinski definition) is 4. The van der Waals surface area contributed by atoms with Crippen molar-refractivity contribution < 1.29 is 9.53 Å². The normalized spacial score (nSPS) is 13.0.